The van der Waals surface area contributed by atoms with Gasteiger partial charge in [-0.15, -0.1) is 0 Å². The van der Waals surface area contributed by atoms with Gasteiger partial charge in [0.05, 0.1) is 0 Å². The predicted molar refractivity (Wildman–Crippen MR) is 66.4 cm³/mol. The van der Waals surface area contributed by atoms with Crippen LogP contribution in [0.2, 0.25) is 0 Å². The van der Waals surface area contributed by atoms with Crippen LogP contribution in [-0.4, -0.2) is 0 Å². The fourth-order valence-electron chi connectivity index (χ4n) is 1.20. The topological polar surface area (TPSA) is 0 Å². The predicted octanol–water partition coefficient (Wildman–Crippen LogP) is 4.59. The van der Waals surface area contributed by atoms with Crippen molar-refractivity contribution in [1.29, 1.82) is 0 Å². The first kappa shape index (κ1) is 11.5. The van der Waals surface area contributed by atoms with E-state index < -0.39 is 0 Å². The van der Waals surface area contributed by atoms with Crippen LogP contribution in [0.15, 0.2) is 40.9 Å². The van der Waals surface area contributed by atoms with Crippen molar-refractivity contribution < 1.29 is 0 Å². The van der Waals surface area contributed by atoms with Crippen molar-refractivity contribution in [2.75, 3.05) is 0 Å². The second-order valence-corrected chi connectivity index (χ2v) is 5.42. The highest BCUT2D eigenvalue weighted by Crippen LogP contribution is 2.19. The van der Waals surface area contributed by atoms with Gasteiger partial charge in [-0.05, 0) is 23.5 Å². The Bertz CT molecular complexity index is 318. The van der Waals surface area contributed by atoms with Gasteiger partial charge in [0, 0.05) is 4.47 Å². The van der Waals surface area contributed by atoms with E-state index in [2.05, 4.69) is 67.1 Å². The summed E-state index contributed by atoms with van der Waals surface area (Å²) >= 11 is 3.54. The highest BCUT2D eigenvalue weighted by Gasteiger charge is 2.03. The second kappa shape index (κ2) is 4.79. The maximum atomic E-state index is 3.54. The Balaban J connectivity index is 2.63. The van der Waals surface area contributed by atoms with Gasteiger partial charge < -0.3 is 0 Å². The average Bonchev–Trinajstić information content (AvgIpc) is 2.06. The van der Waals surface area contributed by atoms with Crippen molar-refractivity contribution in [2.45, 2.75) is 27.2 Å². The standard InChI is InChI=1S/C13H17Br/c1-13(2,3)10-6-8-11-7-4-5-9-12(11)14/h4-7,9-10H,8H2,1-3H3/b10-6+. The number of rotatable bonds is 2. The molecule has 0 fully saturated rings. The lowest BCUT2D eigenvalue weighted by Crippen LogP contribution is -1.98. The monoisotopic (exact) mass is 252 g/mol. The van der Waals surface area contributed by atoms with Crippen molar-refractivity contribution in [2.24, 2.45) is 5.41 Å². The van der Waals surface area contributed by atoms with E-state index in [4.69, 9.17) is 0 Å². The van der Waals surface area contributed by atoms with Gasteiger partial charge in [0.2, 0.25) is 0 Å². The molecule has 0 bridgehead atoms. The molecule has 0 nitrogen and oxygen atoms in total. The van der Waals surface area contributed by atoms with Crippen LogP contribution in [0.3, 0.4) is 0 Å². The zero-order valence-electron chi connectivity index (χ0n) is 9.05. The Morgan fingerprint density at radius 3 is 2.43 bits per heavy atom. The van der Waals surface area contributed by atoms with Crippen LogP contribution in [0.4, 0.5) is 0 Å². The van der Waals surface area contributed by atoms with Gasteiger partial charge in [0.25, 0.3) is 0 Å². The smallest absolute Gasteiger partial charge is 0.0210 e. The molecule has 1 heteroatoms. The summed E-state index contributed by atoms with van der Waals surface area (Å²) in [6.07, 6.45) is 5.49. The van der Waals surface area contributed by atoms with Gasteiger partial charge >= 0.3 is 0 Å². The molecule has 0 N–H and O–H groups in total. The molecule has 1 aromatic rings. The van der Waals surface area contributed by atoms with E-state index in [-0.39, 0.29) is 5.41 Å². The van der Waals surface area contributed by atoms with Gasteiger partial charge in [0.1, 0.15) is 0 Å². The van der Waals surface area contributed by atoms with Gasteiger partial charge in [-0.3, -0.25) is 0 Å². The van der Waals surface area contributed by atoms with Gasteiger partial charge in [0.15, 0.2) is 0 Å². The Kier molecular flexibility index (Phi) is 3.94. The molecule has 0 aliphatic heterocycles. The first-order chi connectivity index (χ1) is 6.49. The Hall–Kier alpha value is -0.560. The lowest BCUT2D eigenvalue weighted by Gasteiger charge is -2.11. The molecule has 0 heterocycles. The zero-order valence-corrected chi connectivity index (χ0v) is 10.6. The van der Waals surface area contributed by atoms with Crippen LogP contribution in [0.5, 0.6) is 0 Å². The van der Waals surface area contributed by atoms with Crippen LogP contribution >= 0.6 is 15.9 Å². The normalized spacial score (nSPS) is 12.3. The summed E-state index contributed by atoms with van der Waals surface area (Å²) in [4.78, 5) is 0. The molecule has 0 spiro atoms. The maximum absolute atomic E-state index is 3.54. The van der Waals surface area contributed by atoms with Crippen LogP contribution in [0.1, 0.15) is 26.3 Å². The fourth-order valence-corrected chi connectivity index (χ4v) is 1.65. The van der Waals surface area contributed by atoms with E-state index >= 15 is 0 Å². The quantitative estimate of drug-likeness (QED) is 0.676. The van der Waals surface area contributed by atoms with Crippen molar-refractivity contribution in [1.82, 2.24) is 0 Å². The molecule has 1 rings (SSSR count). The van der Waals surface area contributed by atoms with Crippen LogP contribution in [-0.2, 0) is 6.42 Å². The molecule has 0 amide bonds. The number of hydrogen-bond acceptors (Lipinski definition) is 0. The number of allylic oxidation sites excluding steroid dienone is 2. The van der Waals surface area contributed by atoms with E-state index in [0.717, 1.165) is 6.42 Å². The van der Waals surface area contributed by atoms with Gasteiger partial charge in [-0.25, -0.2) is 0 Å². The SMILES string of the molecule is CC(C)(C)/C=C/Cc1ccccc1Br. The average molecular weight is 253 g/mol. The first-order valence-corrected chi connectivity index (χ1v) is 5.69. The molecule has 76 valence electrons. The Morgan fingerprint density at radius 1 is 1.21 bits per heavy atom. The molecule has 0 radical (unpaired) electrons. The largest absolute Gasteiger partial charge is 0.0836 e. The second-order valence-electron chi connectivity index (χ2n) is 4.56. The molecule has 0 aliphatic rings. The van der Waals surface area contributed by atoms with Crippen molar-refractivity contribution in [3.05, 3.63) is 46.5 Å². The van der Waals surface area contributed by atoms with Crippen LogP contribution in [0.25, 0.3) is 0 Å². The lowest BCUT2D eigenvalue weighted by atomic mass is 9.95. The van der Waals surface area contributed by atoms with E-state index in [9.17, 15) is 0 Å². The molecule has 0 saturated carbocycles. The third kappa shape index (κ3) is 4.10. The Labute approximate surface area is 95.2 Å². The van der Waals surface area contributed by atoms with E-state index in [1.807, 2.05) is 6.07 Å². The van der Waals surface area contributed by atoms with Gasteiger partial charge in [-0.1, -0.05) is 67.1 Å². The van der Waals surface area contributed by atoms with Crippen molar-refractivity contribution in [3.8, 4) is 0 Å². The summed E-state index contributed by atoms with van der Waals surface area (Å²) in [5.41, 5.74) is 1.62. The molecule has 0 atom stereocenters. The molecule has 0 aromatic heterocycles. The highest BCUT2D eigenvalue weighted by molar-refractivity contribution is 9.10. The minimum atomic E-state index is 0.279. The number of benzene rings is 1. The molecule has 0 aliphatic carbocycles. The zero-order chi connectivity index (χ0) is 10.6. The van der Waals surface area contributed by atoms with Crippen LogP contribution < -0.4 is 0 Å². The maximum Gasteiger partial charge on any atom is 0.0210 e. The Morgan fingerprint density at radius 2 is 1.86 bits per heavy atom. The van der Waals surface area contributed by atoms with E-state index in [0.29, 0.717) is 0 Å². The molecular weight excluding hydrogens is 236 g/mol. The minimum Gasteiger partial charge on any atom is -0.0836 e. The molecule has 14 heavy (non-hydrogen) atoms. The van der Waals surface area contributed by atoms with Crippen molar-refractivity contribution in [3.63, 3.8) is 0 Å². The van der Waals surface area contributed by atoms with E-state index in [1.165, 1.54) is 10.0 Å². The summed E-state index contributed by atoms with van der Waals surface area (Å²) < 4.78 is 1.19. The van der Waals surface area contributed by atoms with E-state index in [1.54, 1.807) is 0 Å². The minimum absolute atomic E-state index is 0.279. The molecule has 0 saturated heterocycles. The summed E-state index contributed by atoms with van der Waals surface area (Å²) in [6.45, 7) is 6.64. The lowest BCUT2D eigenvalue weighted by molar-refractivity contribution is 0.542. The third-order valence-corrected chi connectivity index (χ3v) is 2.69. The number of hydrogen-bond donors (Lipinski definition) is 0. The summed E-state index contributed by atoms with van der Waals surface area (Å²) in [7, 11) is 0. The molecule has 1 aromatic carbocycles. The molecule has 0 unspecified atom stereocenters. The van der Waals surface area contributed by atoms with Gasteiger partial charge in [-0.2, -0.15) is 0 Å². The number of halogens is 1. The summed E-state index contributed by atoms with van der Waals surface area (Å²) in [6, 6.07) is 8.35. The fraction of sp³-hybridized carbons (Fsp3) is 0.385. The third-order valence-electron chi connectivity index (χ3n) is 1.91. The van der Waals surface area contributed by atoms with Crippen molar-refractivity contribution >= 4 is 15.9 Å². The first-order valence-electron chi connectivity index (χ1n) is 4.90. The highest BCUT2D eigenvalue weighted by atomic mass is 79.9. The molecular formula is C13H17Br. The summed E-state index contributed by atoms with van der Waals surface area (Å²) in [5, 5.41) is 0. The summed E-state index contributed by atoms with van der Waals surface area (Å²) in [5.74, 6) is 0. The van der Waals surface area contributed by atoms with Crippen LogP contribution in [0, 0.1) is 5.41 Å².